The number of carboxylic acids is 1. The Hall–Kier alpha value is -1.48. The molecule has 0 bridgehead atoms. The summed E-state index contributed by atoms with van der Waals surface area (Å²) in [5, 5.41) is 12.0. The summed E-state index contributed by atoms with van der Waals surface area (Å²) in [6, 6.07) is -0.537. The number of nitrogens with one attached hydrogen (secondary N) is 1. The molecule has 0 radical (unpaired) electrons. The molecule has 7 nitrogen and oxygen atoms in total. The Bertz CT molecular complexity index is 667. The van der Waals surface area contributed by atoms with Crippen molar-refractivity contribution in [3.05, 3.63) is 15.6 Å². The highest BCUT2D eigenvalue weighted by atomic mass is 32.2. The van der Waals surface area contributed by atoms with Crippen LogP contribution in [0, 0.1) is 6.92 Å². The number of carboxylic acid groups (broad SMARTS) is 1. The maximum atomic E-state index is 11.9. The fourth-order valence-electron chi connectivity index (χ4n) is 1.99. The van der Waals surface area contributed by atoms with Gasteiger partial charge in [-0.25, -0.2) is 18.2 Å². The van der Waals surface area contributed by atoms with Crippen LogP contribution in [-0.2, 0) is 14.6 Å². The van der Waals surface area contributed by atoms with Crippen LogP contribution in [0.2, 0.25) is 0 Å². The maximum Gasteiger partial charge on any atom is 0.347 e. The normalized spacial score (nSPS) is 12.8. The predicted octanol–water partition coefficient (Wildman–Crippen LogP) is 1.93. The van der Waals surface area contributed by atoms with E-state index in [0.29, 0.717) is 17.1 Å². The summed E-state index contributed by atoms with van der Waals surface area (Å²) in [6.07, 6.45) is 2.27. The Labute approximate surface area is 140 Å². The van der Waals surface area contributed by atoms with E-state index in [1.807, 2.05) is 6.92 Å². The number of aromatic carboxylic acids is 1. The lowest BCUT2D eigenvalue weighted by Crippen LogP contribution is -2.33. The van der Waals surface area contributed by atoms with Crippen LogP contribution in [0.15, 0.2) is 0 Å². The summed E-state index contributed by atoms with van der Waals surface area (Å²) in [7, 11) is -3.42. The van der Waals surface area contributed by atoms with Gasteiger partial charge in [0.15, 0.2) is 9.84 Å². The first-order chi connectivity index (χ1) is 10.7. The standard InChI is InChI=1S/C14H22N2O5S2/c1-4-5-6-7-23(20,21)8-11(17)15-10(3)13-16-9(2)12(22-13)14(18)19/h10H,4-8H2,1-3H3,(H,15,17)(H,18,19). The summed E-state index contributed by atoms with van der Waals surface area (Å²) in [4.78, 5) is 27.1. The highest BCUT2D eigenvalue weighted by Crippen LogP contribution is 2.23. The number of aryl methyl sites for hydroxylation is 1. The fourth-order valence-corrected chi connectivity index (χ4v) is 4.17. The highest BCUT2D eigenvalue weighted by molar-refractivity contribution is 7.92. The highest BCUT2D eigenvalue weighted by Gasteiger charge is 2.21. The van der Waals surface area contributed by atoms with Crippen LogP contribution >= 0.6 is 11.3 Å². The molecule has 1 aromatic heterocycles. The second-order valence-electron chi connectivity index (χ2n) is 5.36. The van der Waals surface area contributed by atoms with Crippen molar-refractivity contribution in [1.82, 2.24) is 10.3 Å². The van der Waals surface area contributed by atoms with Gasteiger partial charge >= 0.3 is 5.97 Å². The summed E-state index contributed by atoms with van der Waals surface area (Å²) in [5.41, 5.74) is 0.380. The molecular weight excluding hydrogens is 340 g/mol. The fraction of sp³-hybridized carbons (Fsp3) is 0.643. The minimum Gasteiger partial charge on any atom is -0.477 e. The van der Waals surface area contributed by atoms with Gasteiger partial charge < -0.3 is 10.4 Å². The van der Waals surface area contributed by atoms with Gasteiger partial charge in [0.1, 0.15) is 15.6 Å². The van der Waals surface area contributed by atoms with Crippen molar-refractivity contribution in [1.29, 1.82) is 0 Å². The van der Waals surface area contributed by atoms with E-state index in [1.165, 1.54) is 0 Å². The number of unbranched alkanes of at least 4 members (excludes halogenated alkanes) is 2. The van der Waals surface area contributed by atoms with E-state index in [0.717, 1.165) is 24.2 Å². The molecule has 9 heteroatoms. The van der Waals surface area contributed by atoms with Gasteiger partial charge in [-0.2, -0.15) is 0 Å². The lowest BCUT2D eigenvalue weighted by Gasteiger charge is -2.11. The zero-order valence-electron chi connectivity index (χ0n) is 13.5. The molecule has 0 spiro atoms. The third kappa shape index (κ3) is 6.26. The largest absolute Gasteiger partial charge is 0.477 e. The van der Waals surface area contributed by atoms with E-state index in [9.17, 15) is 18.0 Å². The third-order valence-electron chi connectivity index (χ3n) is 3.17. The van der Waals surface area contributed by atoms with E-state index < -0.39 is 33.5 Å². The van der Waals surface area contributed by atoms with E-state index in [2.05, 4.69) is 10.3 Å². The number of carbonyl (C=O) groups is 2. The zero-order chi connectivity index (χ0) is 17.6. The molecule has 130 valence electrons. The quantitative estimate of drug-likeness (QED) is 0.649. The monoisotopic (exact) mass is 362 g/mol. The number of rotatable bonds is 9. The minimum absolute atomic E-state index is 0.00215. The summed E-state index contributed by atoms with van der Waals surface area (Å²) in [6.45, 7) is 5.20. The summed E-state index contributed by atoms with van der Waals surface area (Å²) < 4.78 is 23.7. The van der Waals surface area contributed by atoms with E-state index >= 15 is 0 Å². The van der Waals surface area contributed by atoms with Gasteiger partial charge in [0, 0.05) is 0 Å². The number of thiazole rings is 1. The van der Waals surface area contributed by atoms with Crippen molar-refractivity contribution < 1.29 is 23.1 Å². The molecule has 0 aliphatic rings. The van der Waals surface area contributed by atoms with Crippen LogP contribution in [0.3, 0.4) is 0 Å². The molecule has 1 amide bonds. The lowest BCUT2D eigenvalue weighted by molar-refractivity contribution is -0.119. The molecular formula is C14H22N2O5S2. The van der Waals surface area contributed by atoms with E-state index in [4.69, 9.17) is 5.11 Å². The number of sulfone groups is 1. The van der Waals surface area contributed by atoms with Crippen LogP contribution in [0.25, 0.3) is 0 Å². The Morgan fingerprint density at radius 1 is 1.35 bits per heavy atom. The molecule has 1 heterocycles. The van der Waals surface area contributed by atoms with Crippen LogP contribution in [0.5, 0.6) is 0 Å². The molecule has 1 unspecified atom stereocenters. The summed E-state index contributed by atoms with van der Waals surface area (Å²) in [5.74, 6) is -2.22. The van der Waals surface area contributed by atoms with Crippen LogP contribution < -0.4 is 5.32 Å². The number of aromatic nitrogens is 1. The van der Waals surface area contributed by atoms with Gasteiger partial charge in [0.25, 0.3) is 0 Å². The summed E-state index contributed by atoms with van der Waals surface area (Å²) >= 11 is 0.978. The number of amides is 1. The van der Waals surface area contributed by atoms with Gasteiger partial charge in [-0.1, -0.05) is 19.8 Å². The molecule has 0 aromatic carbocycles. The smallest absolute Gasteiger partial charge is 0.347 e. The number of carbonyl (C=O) groups excluding carboxylic acids is 1. The third-order valence-corrected chi connectivity index (χ3v) is 6.11. The number of nitrogens with zero attached hydrogens (tertiary/aromatic N) is 1. The Morgan fingerprint density at radius 3 is 2.52 bits per heavy atom. The van der Waals surface area contributed by atoms with Crippen molar-refractivity contribution in [3.8, 4) is 0 Å². The van der Waals surface area contributed by atoms with Crippen LogP contribution in [0.1, 0.15) is 59.5 Å². The van der Waals surface area contributed by atoms with Crippen molar-refractivity contribution in [2.75, 3.05) is 11.5 Å². The van der Waals surface area contributed by atoms with Crippen molar-refractivity contribution in [2.24, 2.45) is 0 Å². The second-order valence-corrected chi connectivity index (χ2v) is 8.57. The molecule has 0 saturated heterocycles. The predicted molar refractivity (Wildman–Crippen MR) is 88.5 cm³/mol. The van der Waals surface area contributed by atoms with Crippen molar-refractivity contribution in [2.45, 2.75) is 46.1 Å². The molecule has 1 rings (SSSR count). The average Bonchev–Trinajstić information content (AvgIpc) is 2.80. The Kier molecular flexibility index (Phi) is 7.14. The van der Waals surface area contributed by atoms with Gasteiger partial charge in [0.2, 0.25) is 5.91 Å². The lowest BCUT2D eigenvalue weighted by atomic mass is 10.3. The molecule has 1 aromatic rings. The first-order valence-corrected chi connectivity index (χ1v) is 10.0. The maximum absolute atomic E-state index is 11.9. The molecule has 0 aliphatic carbocycles. The first-order valence-electron chi connectivity index (χ1n) is 7.36. The van der Waals surface area contributed by atoms with Gasteiger partial charge in [0.05, 0.1) is 17.5 Å². The first kappa shape index (κ1) is 19.6. The van der Waals surface area contributed by atoms with Crippen molar-refractivity contribution in [3.63, 3.8) is 0 Å². The Balaban J connectivity index is 2.63. The zero-order valence-corrected chi connectivity index (χ0v) is 15.1. The molecule has 2 N–H and O–H groups in total. The molecule has 0 aliphatic heterocycles. The van der Waals surface area contributed by atoms with Crippen molar-refractivity contribution >= 4 is 33.1 Å². The number of hydrogen-bond donors (Lipinski definition) is 2. The SMILES string of the molecule is CCCCCS(=O)(=O)CC(=O)NC(C)c1nc(C)c(C(=O)O)s1. The van der Waals surface area contributed by atoms with Gasteiger partial charge in [-0.05, 0) is 20.3 Å². The van der Waals surface area contributed by atoms with Gasteiger partial charge in [-0.15, -0.1) is 11.3 Å². The number of hydrogen-bond acceptors (Lipinski definition) is 6. The topological polar surface area (TPSA) is 113 Å². The molecule has 0 saturated carbocycles. The van der Waals surface area contributed by atoms with E-state index in [-0.39, 0.29) is 10.6 Å². The average molecular weight is 362 g/mol. The van der Waals surface area contributed by atoms with Gasteiger partial charge in [-0.3, -0.25) is 4.79 Å². The minimum atomic E-state index is -3.42. The molecule has 23 heavy (non-hydrogen) atoms. The second kappa shape index (κ2) is 8.39. The molecule has 1 atom stereocenters. The van der Waals surface area contributed by atoms with Crippen LogP contribution in [-0.4, -0.2) is 41.9 Å². The molecule has 0 fully saturated rings. The van der Waals surface area contributed by atoms with Crippen LogP contribution in [0.4, 0.5) is 0 Å². The van der Waals surface area contributed by atoms with E-state index in [1.54, 1.807) is 13.8 Å². The Morgan fingerprint density at radius 2 is 2.00 bits per heavy atom.